The van der Waals surface area contributed by atoms with Crippen molar-refractivity contribution in [1.29, 1.82) is 5.26 Å². The molecule has 1 unspecified atom stereocenters. The normalized spacial score (nSPS) is 17.1. The maximum absolute atomic E-state index is 13.3. The van der Waals surface area contributed by atoms with Crippen LogP contribution >= 0.6 is 0 Å². The van der Waals surface area contributed by atoms with Gasteiger partial charge in [-0.1, -0.05) is 6.07 Å². The molecule has 0 spiro atoms. The Morgan fingerprint density at radius 3 is 2.57 bits per heavy atom. The molecule has 0 aliphatic carbocycles. The van der Waals surface area contributed by atoms with Crippen LogP contribution in [0.4, 0.5) is 11.5 Å². The minimum Gasteiger partial charge on any atom is -0.378 e. The van der Waals surface area contributed by atoms with Crippen molar-refractivity contribution in [2.75, 3.05) is 62.8 Å². The zero-order valence-electron chi connectivity index (χ0n) is 19.7. The van der Waals surface area contributed by atoms with Gasteiger partial charge in [0.1, 0.15) is 5.82 Å². The van der Waals surface area contributed by atoms with Crippen LogP contribution in [0.1, 0.15) is 34.5 Å². The van der Waals surface area contributed by atoms with Crippen LogP contribution in [0.2, 0.25) is 0 Å². The standard InChI is InChI=1S/C26H28N6O3/c1-18(29-21-4-2-3-19(13-21)16-27)22-14-20(26(33)32-7-11-35-12-8-32)15-23-25(22)30-24(17-28-23)31-5-9-34-10-6-31/h2-4,13-15,17-18,29H,5-12H2,1H3. The number of aromatic nitrogens is 2. The van der Waals surface area contributed by atoms with Crippen molar-refractivity contribution < 1.29 is 14.3 Å². The van der Waals surface area contributed by atoms with E-state index in [4.69, 9.17) is 19.4 Å². The molecule has 2 aromatic carbocycles. The number of benzene rings is 2. The van der Waals surface area contributed by atoms with Gasteiger partial charge in [0, 0.05) is 43.0 Å². The maximum Gasteiger partial charge on any atom is 0.254 e. The number of amides is 1. The molecule has 0 bridgehead atoms. The van der Waals surface area contributed by atoms with Crippen molar-refractivity contribution >= 4 is 28.4 Å². The number of nitrogens with one attached hydrogen (secondary N) is 1. The van der Waals surface area contributed by atoms with Gasteiger partial charge in [-0.05, 0) is 37.3 Å². The number of fused-ring (bicyclic) bond motifs is 1. The van der Waals surface area contributed by atoms with Crippen LogP contribution in [0.15, 0.2) is 42.6 Å². The van der Waals surface area contributed by atoms with E-state index in [1.165, 1.54) is 0 Å². The molecule has 2 aliphatic heterocycles. The molecule has 2 saturated heterocycles. The molecule has 3 heterocycles. The molecule has 180 valence electrons. The highest BCUT2D eigenvalue weighted by Crippen LogP contribution is 2.29. The monoisotopic (exact) mass is 472 g/mol. The van der Waals surface area contributed by atoms with E-state index in [1.54, 1.807) is 12.3 Å². The van der Waals surface area contributed by atoms with Crippen LogP contribution in [0.25, 0.3) is 11.0 Å². The van der Waals surface area contributed by atoms with Crippen molar-refractivity contribution in [2.24, 2.45) is 0 Å². The molecule has 3 aromatic rings. The smallest absolute Gasteiger partial charge is 0.254 e. The first kappa shape index (κ1) is 23.0. The molecule has 1 N–H and O–H groups in total. The maximum atomic E-state index is 13.3. The molecule has 2 fully saturated rings. The molecule has 0 radical (unpaired) electrons. The SMILES string of the molecule is CC(Nc1cccc(C#N)c1)c1cc(C(=O)N2CCOCC2)cc2ncc(N3CCOCC3)nc12. The Labute approximate surface area is 204 Å². The highest BCUT2D eigenvalue weighted by Gasteiger charge is 2.23. The topological polar surface area (TPSA) is 104 Å². The molecular formula is C26H28N6O3. The molecule has 5 rings (SSSR count). The average molecular weight is 473 g/mol. The average Bonchev–Trinajstić information content (AvgIpc) is 2.92. The van der Waals surface area contributed by atoms with Gasteiger partial charge in [0.2, 0.25) is 0 Å². The van der Waals surface area contributed by atoms with E-state index in [2.05, 4.69) is 16.3 Å². The third kappa shape index (κ3) is 5.04. The second kappa shape index (κ2) is 10.3. The molecule has 35 heavy (non-hydrogen) atoms. The lowest BCUT2D eigenvalue weighted by Gasteiger charge is -2.29. The summed E-state index contributed by atoms with van der Waals surface area (Å²) in [5.74, 6) is 0.766. The largest absolute Gasteiger partial charge is 0.378 e. The van der Waals surface area contributed by atoms with Crippen molar-refractivity contribution in [3.05, 3.63) is 59.3 Å². The number of morpholine rings is 2. The Kier molecular flexibility index (Phi) is 6.75. The van der Waals surface area contributed by atoms with E-state index in [0.29, 0.717) is 56.2 Å². The summed E-state index contributed by atoms with van der Waals surface area (Å²) in [6, 6.07) is 13.1. The first-order chi connectivity index (χ1) is 17.1. The molecule has 1 aromatic heterocycles. The number of nitriles is 1. The fourth-order valence-corrected chi connectivity index (χ4v) is 4.49. The van der Waals surface area contributed by atoms with Gasteiger partial charge in [0.15, 0.2) is 0 Å². The predicted molar refractivity (Wildman–Crippen MR) is 132 cm³/mol. The molecule has 9 heteroatoms. The lowest BCUT2D eigenvalue weighted by molar-refractivity contribution is 0.0303. The molecule has 1 amide bonds. The molecule has 1 atom stereocenters. The van der Waals surface area contributed by atoms with Crippen LogP contribution in [0.5, 0.6) is 0 Å². The van der Waals surface area contributed by atoms with Gasteiger partial charge in [-0.15, -0.1) is 0 Å². The summed E-state index contributed by atoms with van der Waals surface area (Å²) in [5, 5.41) is 12.7. The number of carbonyl (C=O) groups excluding carboxylic acids is 1. The summed E-state index contributed by atoms with van der Waals surface area (Å²) < 4.78 is 10.9. The Balaban J connectivity index is 1.54. The number of nitrogens with zero attached hydrogens (tertiary/aromatic N) is 5. The predicted octanol–water partition coefficient (Wildman–Crippen LogP) is 2.98. The minimum absolute atomic E-state index is 0.0332. The fourth-order valence-electron chi connectivity index (χ4n) is 4.49. The summed E-state index contributed by atoms with van der Waals surface area (Å²) in [6.07, 6.45) is 1.77. The summed E-state index contributed by atoms with van der Waals surface area (Å²) in [6.45, 7) is 7.10. The van der Waals surface area contributed by atoms with Gasteiger partial charge in [-0.3, -0.25) is 9.78 Å². The Morgan fingerprint density at radius 1 is 1.09 bits per heavy atom. The van der Waals surface area contributed by atoms with Crippen LogP contribution in [-0.2, 0) is 9.47 Å². The number of anilines is 2. The van der Waals surface area contributed by atoms with E-state index < -0.39 is 0 Å². The first-order valence-electron chi connectivity index (χ1n) is 11.9. The summed E-state index contributed by atoms with van der Waals surface area (Å²) >= 11 is 0. The van der Waals surface area contributed by atoms with Gasteiger partial charge < -0.3 is 24.6 Å². The van der Waals surface area contributed by atoms with E-state index in [1.807, 2.05) is 42.2 Å². The van der Waals surface area contributed by atoms with Crippen LogP contribution < -0.4 is 10.2 Å². The molecule has 0 saturated carbocycles. The Bertz CT molecular complexity index is 1260. The van der Waals surface area contributed by atoms with Crippen molar-refractivity contribution in [3.8, 4) is 6.07 Å². The highest BCUT2D eigenvalue weighted by molar-refractivity contribution is 5.98. The number of hydrogen-bond acceptors (Lipinski definition) is 8. The van der Waals surface area contributed by atoms with Crippen molar-refractivity contribution in [1.82, 2.24) is 14.9 Å². The lowest BCUT2D eigenvalue weighted by Crippen LogP contribution is -2.40. The number of ether oxygens (including phenoxy) is 2. The zero-order chi connectivity index (χ0) is 24.2. The van der Waals surface area contributed by atoms with Gasteiger partial charge in [-0.2, -0.15) is 5.26 Å². The van der Waals surface area contributed by atoms with Gasteiger partial charge >= 0.3 is 0 Å². The van der Waals surface area contributed by atoms with Crippen molar-refractivity contribution in [2.45, 2.75) is 13.0 Å². The van der Waals surface area contributed by atoms with Gasteiger partial charge in [0.25, 0.3) is 5.91 Å². The number of rotatable bonds is 5. The molecular weight excluding hydrogens is 444 g/mol. The third-order valence-corrected chi connectivity index (χ3v) is 6.39. The van der Waals surface area contributed by atoms with Gasteiger partial charge in [-0.25, -0.2) is 4.98 Å². The number of carbonyl (C=O) groups is 1. The molecule has 2 aliphatic rings. The third-order valence-electron chi connectivity index (χ3n) is 6.39. The minimum atomic E-state index is -0.182. The van der Waals surface area contributed by atoms with Crippen LogP contribution in [0.3, 0.4) is 0 Å². The second-order valence-corrected chi connectivity index (χ2v) is 8.72. The lowest BCUT2D eigenvalue weighted by atomic mass is 10.0. The van der Waals surface area contributed by atoms with Crippen molar-refractivity contribution in [3.63, 3.8) is 0 Å². The summed E-state index contributed by atoms with van der Waals surface area (Å²) in [5.41, 5.74) is 4.30. The highest BCUT2D eigenvalue weighted by atomic mass is 16.5. The summed E-state index contributed by atoms with van der Waals surface area (Å²) in [4.78, 5) is 27.0. The zero-order valence-corrected chi connectivity index (χ0v) is 19.7. The van der Waals surface area contributed by atoms with E-state index in [0.717, 1.165) is 35.7 Å². The fraction of sp³-hybridized carbons (Fsp3) is 0.385. The Hall–Kier alpha value is -3.74. The van der Waals surface area contributed by atoms with E-state index >= 15 is 0 Å². The van der Waals surface area contributed by atoms with E-state index in [9.17, 15) is 10.1 Å². The second-order valence-electron chi connectivity index (χ2n) is 8.72. The number of hydrogen-bond donors (Lipinski definition) is 1. The van der Waals surface area contributed by atoms with Gasteiger partial charge in [0.05, 0.1) is 61.3 Å². The molecule has 9 nitrogen and oxygen atoms in total. The van der Waals surface area contributed by atoms with Crippen LogP contribution in [0, 0.1) is 11.3 Å². The quantitative estimate of drug-likeness (QED) is 0.605. The summed E-state index contributed by atoms with van der Waals surface area (Å²) in [7, 11) is 0. The van der Waals surface area contributed by atoms with Crippen LogP contribution in [-0.4, -0.2) is 73.4 Å². The van der Waals surface area contributed by atoms with E-state index in [-0.39, 0.29) is 11.9 Å². The first-order valence-corrected chi connectivity index (χ1v) is 11.9. The Morgan fingerprint density at radius 2 is 1.83 bits per heavy atom.